The van der Waals surface area contributed by atoms with Gasteiger partial charge in [0.1, 0.15) is 23.9 Å². The van der Waals surface area contributed by atoms with Crippen molar-refractivity contribution in [3.63, 3.8) is 0 Å². The molecule has 7 nitrogen and oxygen atoms in total. The Morgan fingerprint density at radius 2 is 2.09 bits per heavy atom. The van der Waals surface area contributed by atoms with Crippen LogP contribution in [0.25, 0.3) is 15.3 Å². The van der Waals surface area contributed by atoms with E-state index in [0.29, 0.717) is 30.6 Å². The Kier molecular flexibility index (Phi) is 5.60. The Morgan fingerprint density at radius 3 is 2.91 bits per heavy atom. The Labute approximate surface area is 195 Å². The number of hydrogen-bond acceptors (Lipinski definition) is 6. The second kappa shape index (κ2) is 8.71. The van der Waals surface area contributed by atoms with Crippen molar-refractivity contribution in [2.45, 2.75) is 26.2 Å². The summed E-state index contributed by atoms with van der Waals surface area (Å²) in [4.78, 5) is 17.5. The number of amides is 1. The molecule has 0 unspecified atom stereocenters. The highest BCUT2D eigenvalue weighted by Crippen LogP contribution is 2.42. The zero-order valence-corrected chi connectivity index (χ0v) is 19.3. The van der Waals surface area contributed by atoms with Crippen LogP contribution in [0.15, 0.2) is 55.1 Å². The average molecular weight is 461 g/mol. The van der Waals surface area contributed by atoms with Crippen LogP contribution in [-0.2, 0) is 4.79 Å². The maximum absolute atomic E-state index is 12.7. The summed E-state index contributed by atoms with van der Waals surface area (Å²) in [5.41, 5.74) is 3.75. The third-order valence-corrected chi connectivity index (χ3v) is 6.57. The van der Waals surface area contributed by atoms with Crippen LogP contribution in [0.2, 0.25) is 0 Å². The van der Waals surface area contributed by atoms with Crippen molar-refractivity contribution in [3.8, 4) is 16.6 Å². The van der Waals surface area contributed by atoms with E-state index < -0.39 is 0 Å². The molecule has 2 aromatic carbocycles. The summed E-state index contributed by atoms with van der Waals surface area (Å²) < 4.78 is 14.1. The smallest absolute Gasteiger partial charge is 0.226 e. The van der Waals surface area contributed by atoms with Gasteiger partial charge in [0.25, 0.3) is 0 Å². The number of aryl methyl sites for hydroxylation is 1. The van der Waals surface area contributed by atoms with Gasteiger partial charge in [-0.1, -0.05) is 36.1 Å². The second-order valence-electron chi connectivity index (χ2n) is 7.80. The van der Waals surface area contributed by atoms with Crippen molar-refractivity contribution in [2.75, 3.05) is 18.5 Å². The van der Waals surface area contributed by atoms with Gasteiger partial charge in [-0.3, -0.25) is 4.79 Å². The molecule has 8 heteroatoms. The SMILES string of the molecule is C=CCOc1cccc([C@@H]2CC(=O)Nc3c2c(C)nn3-c2nc3ccc(OCC)cc3s2)c1. The zero-order chi connectivity index (χ0) is 22.9. The van der Waals surface area contributed by atoms with Crippen molar-refractivity contribution in [3.05, 3.63) is 71.9 Å². The normalized spacial score (nSPS) is 15.2. The van der Waals surface area contributed by atoms with Crippen LogP contribution in [-0.4, -0.2) is 33.9 Å². The Bertz CT molecular complexity index is 1360. The van der Waals surface area contributed by atoms with Gasteiger partial charge in [0.2, 0.25) is 11.0 Å². The number of ether oxygens (including phenoxy) is 2. The summed E-state index contributed by atoms with van der Waals surface area (Å²) in [6, 6.07) is 13.7. The van der Waals surface area contributed by atoms with Crippen molar-refractivity contribution < 1.29 is 14.3 Å². The van der Waals surface area contributed by atoms with Crippen LogP contribution in [0.5, 0.6) is 11.5 Å². The van der Waals surface area contributed by atoms with Gasteiger partial charge in [-0.15, -0.1) is 0 Å². The van der Waals surface area contributed by atoms with Crippen LogP contribution < -0.4 is 14.8 Å². The first-order valence-corrected chi connectivity index (χ1v) is 11.7. The Morgan fingerprint density at radius 1 is 1.24 bits per heavy atom. The molecule has 1 aliphatic rings. The molecule has 0 spiro atoms. The van der Waals surface area contributed by atoms with Gasteiger partial charge >= 0.3 is 0 Å². The fourth-order valence-corrected chi connectivity index (χ4v) is 5.14. The second-order valence-corrected chi connectivity index (χ2v) is 8.80. The van der Waals surface area contributed by atoms with Crippen molar-refractivity contribution in [2.24, 2.45) is 0 Å². The molecule has 3 heterocycles. The fraction of sp³-hybridized carbons (Fsp3) is 0.240. The standard InChI is InChI=1S/C25H24N4O3S/c1-4-11-32-17-8-6-7-16(12-17)19-14-22(30)27-24-23(19)15(3)28-29(24)25-26-20-10-9-18(31-5-2)13-21(20)33-25/h4,6-10,12-13,19H,1,5,11,14H2,2-3H3,(H,27,30)/t19-/m0/s1. The third kappa shape index (κ3) is 3.98. The molecule has 1 aliphatic heterocycles. The molecule has 168 valence electrons. The van der Waals surface area contributed by atoms with Gasteiger partial charge in [0, 0.05) is 17.9 Å². The highest BCUT2D eigenvalue weighted by atomic mass is 32.1. The summed E-state index contributed by atoms with van der Waals surface area (Å²) in [5.74, 6) is 2.07. The molecule has 0 aliphatic carbocycles. The molecule has 0 fully saturated rings. The van der Waals surface area contributed by atoms with E-state index in [-0.39, 0.29) is 11.8 Å². The number of nitrogens with one attached hydrogen (secondary N) is 1. The number of fused-ring (bicyclic) bond motifs is 2. The maximum atomic E-state index is 12.7. The molecule has 0 saturated carbocycles. The van der Waals surface area contributed by atoms with E-state index in [9.17, 15) is 4.79 Å². The number of benzene rings is 2. The average Bonchev–Trinajstić information content (AvgIpc) is 3.38. The van der Waals surface area contributed by atoms with E-state index in [1.165, 1.54) is 11.3 Å². The summed E-state index contributed by atoms with van der Waals surface area (Å²) in [5, 5.41) is 8.51. The Hall–Kier alpha value is -3.65. The predicted molar refractivity (Wildman–Crippen MR) is 130 cm³/mol. The number of carbonyl (C=O) groups is 1. The molecule has 1 atom stereocenters. The van der Waals surface area contributed by atoms with Crippen LogP contribution in [0, 0.1) is 6.92 Å². The topological polar surface area (TPSA) is 78.3 Å². The van der Waals surface area contributed by atoms with Gasteiger partial charge in [0.05, 0.1) is 22.5 Å². The quantitative estimate of drug-likeness (QED) is 0.382. The van der Waals surface area contributed by atoms with Crippen LogP contribution in [0.3, 0.4) is 0 Å². The molecule has 2 aromatic heterocycles. The van der Waals surface area contributed by atoms with Gasteiger partial charge < -0.3 is 14.8 Å². The van der Waals surface area contributed by atoms with E-state index >= 15 is 0 Å². The number of thiazole rings is 1. The largest absolute Gasteiger partial charge is 0.494 e. The molecule has 0 saturated heterocycles. The number of hydrogen-bond donors (Lipinski definition) is 1. The van der Waals surface area contributed by atoms with E-state index in [0.717, 1.165) is 38.5 Å². The van der Waals surface area contributed by atoms with Crippen molar-refractivity contribution >= 4 is 33.3 Å². The van der Waals surface area contributed by atoms with Crippen molar-refractivity contribution in [1.29, 1.82) is 0 Å². The lowest BCUT2D eigenvalue weighted by atomic mass is 9.86. The van der Waals surface area contributed by atoms with Crippen LogP contribution in [0.4, 0.5) is 5.82 Å². The van der Waals surface area contributed by atoms with Gasteiger partial charge in [-0.25, -0.2) is 4.98 Å². The minimum atomic E-state index is -0.117. The van der Waals surface area contributed by atoms with E-state index in [1.54, 1.807) is 10.8 Å². The number of anilines is 1. The minimum Gasteiger partial charge on any atom is -0.494 e. The first-order valence-electron chi connectivity index (χ1n) is 10.8. The number of nitrogens with zero attached hydrogens (tertiary/aromatic N) is 3. The molecule has 33 heavy (non-hydrogen) atoms. The monoisotopic (exact) mass is 460 g/mol. The number of aromatic nitrogens is 3. The lowest BCUT2D eigenvalue weighted by Crippen LogP contribution is -2.25. The lowest BCUT2D eigenvalue weighted by molar-refractivity contribution is -0.116. The van der Waals surface area contributed by atoms with Gasteiger partial charge in [-0.2, -0.15) is 9.78 Å². The maximum Gasteiger partial charge on any atom is 0.226 e. The first-order chi connectivity index (χ1) is 16.1. The van der Waals surface area contributed by atoms with E-state index in [4.69, 9.17) is 19.6 Å². The summed E-state index contributed by atoms with van der Waals surface area (Å²) in [6.07, 6.45) is 2.06. The third-order valence-electron chi connectivity index (χ3n) is 5.57. The zero-order valence-electron chi connectivity index (χ0n) is 18.5. The number of rotatable bonds is 7. The van der Waals surface area contributed by atoms with Gasteiger partial charge in [-0.05, 0) is 49.7 Å². The van der Waals surface area contributed by atoms with E-state index in [2.05, 4.69) is 11.9 Å². The highest BCUT2D eigenvalue weighted by Gasteiger charge is 2.33. The summed E-state index contributed by atoms with van der Waals surface area (Å²) in [7, 11) is 0. The Balaban J connectivity index is 1.57. The number of carbonyl (C=O) groups excluding carboxylic acids is 1. The lowest BCUT2D eigenvalue weighted by Gasteiger charge is -2.24. The molecular formula is C25H24N4O3S. The van der Waals surface area contributed by atoms with Gasteiger partial charge in [0.15, 0.2) is 0 Å². The molecule has 4 aromatic rings. The fourth-order valence-electron chi connectivity index (χ4n) is 4.19. The first kappa shape index (κ1) is 21.2. The van der Waals surface area contributed by atoms with Crippen molar-refractivity contribution in [1.82, 2.24) is 14.8 Å². The molecule has 5 rings (SSSR count). The van der Waals surface area contributed by atoms with E-state index in [1.807, 2.05) is 56.3 Å². The van der Waals surface area contributed by atoms with Crippen LogP contribution >= 0.6 is 11.3 Å². The summed E-state index contributed by atoms with van der Waals surface area (Å²) >= 11 is 1.52. The molecule has 0 bridgehead atoms. The summed E-state index contributed by atoms with van der Waals surface area (Å²) in [6.45, 7) is 8.67. The highest BCUT2D eigenvalue weighted by molar-refractivity contribution is 7.20. The molecular weight excluding hydrogens is 436 g/mol. The molecule has 1 N–H and O–H groups in total. The molecule has 0 radical (unpaired) electrons. The van der Waals surface area contributed by atoms with Crippen LogP contribution in [0.1, 0.15) is 36.1 Å². The molecule has 1 amide bonds. The predicted octanol–water partition coefficient (Wildman–Crippen LogP) is 5.23. The minimum absolute atomic E-state index is 0.0502.